The highest BCUT2D eigenvalue weighted by atomic mass is 19.4. The molecule has 0 aromatic carbocycles. The molecule has 3 nitrogen and oxygen atoms in total. The van der Waals surface area contributed by atoms with Crippen molar-refractivity contribution in [3.8, 4) is 0 Å². The summed E-state index contributed by atoms with van der Waals surface area (Å²) in [7, 11) is 0. The van der Waals surface area contributed by atoms with Gasteiger partial charge in [-0.2, -0.15) is 13.2 Å². The first kappa shape index (κ1) is 11.9. The van der Waals surface area contributed by atoms with E-state index >= 15 is 0 Å². The van der Waals surface area contributed by atoms with Crippen LogP contribution in [0.5, 0.6) is 0 Å². The number of alkyl halides is 3. The van der Waals surface area contributed by atoms with Crippen molar-refractivity contribution in [3.63, 3.8) is 0 Å². The van der Waals surface area contributed by atoms with Gasteiger partial charge >= 0.3 is 6.18 Å². The van der Waals surface area contributed by atoms with Gasteiger partial charge in [0.15, 0.2) is 0 Å². The number of pyridine rings is 1. The van der Waals surface area contributed by atoms with Crippen molar-refractivity contribution < 1.29 is 18.3 Å². The largest absolute Gasteiger partial charge is 0.418 e. The number of rotatable bonds is 3. The van der Waals surface area contributed by atoms with E-state index in [1.54, 1.807) is 0 Å². The molecule has 1 aromatic heterocycles. The molecule has 0 radical (unpaired) electrons. The third kappa shape index (κ3) is 3.17. The highest BCUT2D eigenvalue weighted by Gasteiger charge is 2.33. The zero-order chi connectivity index (χ0) is 11.5. The average molecular weight is 220 g/mol. The molecule has 0 aliphatic rings. The Morgan fingerprint density at radius 3 is 2.67 bits per heavy atom. The Morgan fingerprint density at radius 1 is 1.47 bits per heavy atom. The van der Waals surface area contributed by atoms with Crippen LogP contribution in [-0.4, -0.2) is 22.7 Å². The number of nitrogens with zero attached hydrogens (tertiary/aromatic N) is 1. The molecule has 84 valence electrons. The van der Waals surface area contributed by atoms with Crippen molar-refractivity contribution in [2.45, 2.75) is 18.7 Å². The summed E-state index contributed by atoms with van der Waals surface area (Å²) in [6.45, 7) is -0.0698. The van der Waals surface area contributed by atoms with Crippen LogP contribution in [-0.2, 0) is 12.6 Å². The van der Waals surface area contributed by atoms with Crippen LogP contribution in [0.15, 0.2) is 18.5 Å². The van der Waals surface area contributed by atoms with Crippen molar-refractivity contribution in [1.29, 1.82) is 0 Å². The Morgan fingerprint density at radius 2 is 2.13 bits per heavy atom. The van der Waals surface area contributed by atoms with Crippen molar-refractivity contribution in [2.75, 3.05) is 6.54 Å². The fraction of sp³-hybridized carbons (Fsp3) is 0.444. The van der Waals surface area contributed by atoms with Gasteiger partial charge in [-0.3, -0.25) is 4.98 Å². The lowest BCUT2D eigenvalue weighted by molar-refractivity contribution is -0.138. The molecular weight excluding hydrogens is 209 g/mol. The first-order valence-electron chi connectivity index (χ1n) is 4.33. The standard InChI is InChI=1S/C9H11F3N2O/c10-9(11,12)8-5-14-2-1-6(8)3-7(15)4-13/h1-2,5,7,15H,3-4,13H2. The van der Waals surface area contributed by atoms with Crippen LogP contribution < -0.4 is 5.73 Å². The Labute approximate surface area is 84.7 Å². The van der Waals surface area contributed by atoms with Crippen LogP contribution in [0.2, 0.25) is 0 Å². The highest BCUT2D eigenvalue weighted by molar-refractivity contribution is 5.26. The zero-order valence-corrected chi connectivity index (χ0v) is 7.83. The van der Waals surface area contributed by atoms with E-state index in [1.165, 1.54) is 12.3 Å². The summed E-state index contributed by atoms with van der Waals surface area (Å²) in [4.78, 5) is 3.41. The lowest BCUT2D eigenvalue weighted by Crippen LogP contribution is -2.23. The fourth-order valence-electron chi connectivity index (χ4n) is 1.19. The maximum atomic E-state index is 12.4. The van der Waals surface area contributed by atoms with Crippen LogP contribution in [0.1, 0.15) is 11.1 Å². The van der Waals surface area contributed by atoms with E-state index in [1.807, 2.05) is 0 Å². The summed E-state index contributed by atoms with van der Waals surface area (Å²) in [5.41, 5.74) is 4.32. The number of hydrogen-bond donors (Lipinski definition) is 2. The molecular formula is C9H11F3N2O. The zero-order valence-electron chi connectivity index (χ0n) is 7.83. The topological polar surface area (TPSA) is 59.1 Å². The number of halogens is 3. The van der Waals surface area contributed by atoms with E-state index in [9.17, 15) is 18.3 Å². The summed E-state index contributed by atoms with van der Waals surface area (Å²) in [6, 6.07) is 1.24. The molecule has 1 rings (SSSR count). The lowest BCUT2D eigenvalue weighted by Gasteiger charge is -2.13. The van der Waals surface area contributed by atoms with Crippen LogP contribution in [0, 0.1) is 0 Å². The molecule has 0 aliphatic carbocycles. The normalized spacial score (nSPS) is 13.9. The molecule has 15 heavy (non-hydrogen) atoms. The fourth-order valence-corrected chi connectivity index (χ4v) is 1.19. The Kier molecular flexibility index (Phi) is 3.65. The third-order valence-electron chi connectivity index (χ3n) is 1.94. The van der Waals surface area contributed by atoms with Gasteiger partial charge < -0.3 is 10.8 Å². The van der Waals surface area contributed by atoms with Crippen LogP contribution in [0.25, 0.3) is 0 Å². The van der Waals surface area contributed by atoms with Gasteiger partial charge in [0, 0.05) is 25.4 Å². The molecule has 1 unspecified atom stereocenters. The minimum absolute atomic E-state index is 0.00968. The number of aliphatic hydroxyl groups is 1. The van der Waals surface area contributed by atoms with Gasteiger partial charge in [0.25, 0.3) is 0 Å². The van der Waals surface area contributed by atoms with E-state index in [0.717, 1.165) is 6.20 Å². The predicted octanol–water partition coefficient (Wildman–Crippen LogP) is 0.962. The van der Waals surface area contributed by atoms with E-state index in [4.69, 9.17) is 5.73 Å². The Hall–Kier alpha value is -1.14. The van der Waals surface area contributed by atoms with E-state index < -0.39 is 17.8 Å². The number of aliphatic hydroxyl groups excluding tert-OH is 1. The summed E-state index contributed by atoms with van der Waals surface area (Å²) in [5, 5.41) is 9.19. The molecule has 0 bridgehead atoms. The molecule has 6 heteroatoms. The van der Waals surface area contributed by atoms with Gasteiger partial charge in [-0.1, -0.05) is 0 Å². The number of nitrogens with two attached hydrogens (primary N) is 1. The predicted molar refractivity (Wildman–Crippen MR) is 48.0 cm³/mol. The van der Waals surface area contributed by atoms with Gasteiger partial charge in [0.1, 0.15) is 0 Å². The second-order valence-corrected chi connectivity index (χ2v) is 3.12. The molecule has 0 fully saturated rings. The first-order chi connectivity index (χ1) is 6.95. The smallest absolute Gasteiger partial charge is 0.391 e. The van der Waals surface area contributed by atoms with Crippen LogP contribution >= 0.6 is 0 Å². The quantitative estimate of drug-likeness (QED) is 0.797. The minimum atomic E-state index is -4.45. The van der Waals surface area contributed by atoms with Crippen molar-refractivity contribution in [1.82, 2.24) is 4.98 Å². The Balaban J connectivity index is 2.97. The summed E-state index contributed by atoms with van der Waals surface area (Å²) in [5.74, 6) is 0. The average Bonchev–Trinajstić information content (AvgIpc) is 2.17. The Bertz CT molecular complexity index is 327. The summed E-state index contributed by atoms with van der Waals surface area (Å²) >= 11 is 0. The SMILES string of the molecule is NCC(O)Cc1ccncc1C(F)(F)F. The molecule has 1 heterocycles. The van der Waals surface area contributed by atoms with Crippen LogP contribution in [0.4, 0.5) is 13.2 Å². The minimum Gasteiger partial charge on any atom is -0.391 e. The van der Waals surface area contributed by atoms with Crippen molar-refractivity contribution >= 4 is 0 Å². The first-order valence-corrected chi connectivity index (χ1v) is 4.33. The van der Waals surface area contributed by atoms with E-state index in [2.05, 4.69) is 4.98 Å². The maximum absolute atomic E-state index is 12.4. The monoisotopic (exact) mass is 220 g/mol. The molecule has 0 amide bonds. The molecule has 1 aromatic rings. The van der Waals surface area contributed by atoms with E-state index in [0.29, 0.717) is 0 Å². The molecule has 1 atom stereocenters. The second kappa shape index (κ2) is 4.59. The lowest BCUT2D eigenvalue weighted by atomic mass is 10.0. The second-order valence-electron chi connectivity index (χ2n) is 3.12. The molecule has 0 saturated heterocycles. The van der Waals surface area contributed by atoms with Gasteiger partial charge in [0.05, 0.1) is 11.7 Å². The number of hydrogen-bond acceptors (Lipinski definition) is 3. The van der Waals surface area contributed by atoms with Crippen LogP contribution in [0.3, 0.4) is 0 Å². The molecule has 0 saturated carbocycles. The van der Waals surface area contributed by atoms with Crippen molar-refractivity contribution in [2.24, 2.45) is 5.73 Å². The van der Waals surface area contributed by atoms with E-state index in [-0.39, 0.29) is 18.5 Å². The summed E-state index contributed by atoms with van der Waals surface area (Å²) in [6.07, 6.45) is -3.52. The molecule has 0 aliphatic heterocycles. The maximum Gasteiger partial charge on any atom is 0.418 e. The molecule has 0 spiro atoms. The number of aromatic nitrogens is 1. The van der Waals surface area contributed by atoms with Gasteiger partial charge in [-0.05, 0) is 11.6 Å². The highest BCUT2D eigenvalue weighted by Crippen LogP contribution is 2.31. The third-order valence-corrected chi connectivity index (χ3v) is 1.94. The summed E-state index contributed by atoms with van der Waals surface area (Å²) < 4.78 is 37.3. The van der Waals surface area contributed by atoms with Gasteiger partial charge in [-0.15, -0.1) is 0 Å². The van der Waals surface area contributed by atoms with Gasteiger partial charge in [0.2, 0.25) is 0 Å². The van der Waals surface area contributed by atoms with Crippen molar-refractivity contribution in [3.05, 3.63) is 29.6 Å². The molecule has 3 N–H and O–H groups in total. The van der Waals surface area contributed by atoms with Gasteiger partial charge in [-0.25, -0.2) is 0 Å².